The molecule has 2 N–H and O–H groups in total. The summed E-state index contributed by atoms with van der Waals surface area (Å²) in [7, 11) is -3.99. The molecule has 0 saturated carbocycles. The summed E-state index contributed by atoms with van der Waals surface area (Å²) in [6, 6.07) is 23.9. The molecule has 3 aromatic carbocycles. The van der Waals surface area contributed by atoms with Gasteiger partial charge in [-0.1, -0.05) is 33.3 Å². The smallest absolute Gasteiger partial charge is 0.291 e. The number of carbonyl (C=O) groups excluding carboxylic acids is 1. The van der Waals surface area contributed by atoms with Gasteiger partial charge in [0.2, 0.25) is 14.9 Å². The normalized spacial score (nSPS) is 11.6. The van der Waals surface area contributed by atoms with E-state index in [0.29, 0.717) is 28.1 Å². The highest BCUT2D eigenvalue weighted by Gasteiger charge is 2.27. The molecule has 10 nitrogen and oxygen atoms in total. The summed E-state index contributed by atoms with van der Waals surface area (Å²) in [4.78, 5) is 16.9. The van der Waals surface area contributed by atoms with Crippen molar-refractivity contribution in [2.75, 3.05) is 10.6 Å². The Morgan fingerprint density at radius 1 is 0.895 bits per heavy atom. The van der Waals surface area contributed by atoms with Crippen LogP contribution in [0.5, 0.6) is 0 Å². The Kier molecular flexibility index (Phi) is 5.89. The van der Waals surface area contributed by atoms with Gasteiger partial charge in [-0.2, -0.15) is 4.52 Å². The lowest BCUT2D eigenvalue weighted by Crippen LogP contribution is -2.10. The number of halogens is 1. The first kappa shape index (κ1) is 23.8. The van der Waals surface area contributed by atoms with Gasteiger partial charge in [0, 0.05) is 21.2 Å². The van der Waals surface area contributed by atoms with Crippen LogP contribution in [-0.2, 0) is 9.84 Å². The molecule has 0 bridgehead atoms. The highest BCUT2D eigenvalue weighted by atomic mass is 79.9. The zero-order valence-electron chi connectivity index (χ0n) is 19.4. The van der Waals surface area contributed by atoms with Gasteiger partial charge in [0.15, 0.2) is 11.4 Å². The maximum absolute atomic E-state index is 13.4. The van der Waals surface area contributed by atoms with E-state index in [1.165, 1.54) is 22.9 Å². The molecule has 0 spiro atoms. The molecule has 0 atom stereocenters. The molecule has 0 fully saturated rings. The summed E-state index contributed by atoms with van der Waals surface area (Å²) >= 11 is 3.32. The molecule has 1 amide bonds. The molecule has 3 heterocycles. The van der Waals surface area contributed by atoms with Crippen molar-refractivity contribution in [1.82, 2.24) is 19.8 Å². The number of furan rings is 1. The van der Waals surface area contributed by atoms with Gasteiger partial charge in [0.25, 0.3) is 5.91 Å². The second-order valence-corrected chi connectivity index (χ2v) is 11.0. The van der Waals surface area contributed by atoms with Crippen molar-refractivity contribution < 1.29 is 17.6 Å². The van der Waals surface area contributed by atoms with Gasteiger partial charge >= 0.3 is 0 Å². The average Bonchev–Trinajstić information content (AvgIpc) is 3.61. The van der Waals surface area contributed by atoms with Crippen LogP contribution >= 0.6 is 15.9 Å². The number of carbonyl (C=O) groups is 1. The van der Waals surface area contributed by atoms with Crippen molar-refractivity contribution in [3.8, 4) is 0 Å². The topological polar surface area (TPSA) is 131 Å². The predicted molar refractivity (Wildman–Crippen MR) is 144 cm³/mol. The van der Waals surface area contributed by atoms with Gasteiger partial charge in [0.05, 0.1) is 16.7 Å². The predicted octanol–water partition coefficient (Wildman–Crippen LogP) is 5.46. The van der Waals surface area contributed by atoms with Gasteiger partial charge in [-0.25, -0.2) is 13.4 Å². The lowest BCUT2D eigenvalue weighted by Gasteiger charge is -2.11. The van der Waals surface area contributed by atoms with Crippen LogP contribution in [0.25, 0.3) is 16.6 Å². The van der Waals surface area contributed by atoms with Gasteiger partial charge < -0.3 is 15.1 Å². The van der Waals surface area contributed by atoms with Crippen LogP contribution in [0.1, 0.15) is 10.6 Å². The van der Waals surface area contributed by atoms with Crippen molar-refractivity contribution in [3.63, 3.8) is 0 Å². The summed E-state index contributed by atoms with van der Waals surface area (Å²) in [6.45, 7) is 0. The molecule has 0 unspecified atom stereocenters. The third-order valence-corrected chi connectivity index (χ3v) is 7.95. The summed E-state index contributed by atoms with van der Waals surface area (Å²) in [5.41, 5.74) is 1.98. The quantitative estimate of drug-likeness (QED) is 0.262. The molecule has 12 heteroatoms. The van der Waals surface area contributed by atoms with E-state index < -0.39 is 9.84 Å². The van der Waals surface area contributed by atoms with E-state index in [9.17, 15) is 13.2 Å². The van der Waals surface area contributed by atoms with E-state index in [1.807, 2.05) is 24.3 Å². The minimum atomic E-state index is -3.99. The number of nitrogens with zero attached hydrogens (tertiary/aromatic N) is 4. The Morgan fingerprint density at radius 2 is 1.63 bits per heavy atom. The Labute approximate surface area is 224 Å². The largest absolute Gasteiger partial charge is 0.459 e. The summed E-state index contributed by atoms with van der Waals surface area (Å²) in [5.74, 6) is 0.274. The van der Waals surface area contributed by atoms with Gasteiger partial charge in [-0.15, -0.1) is 5.10 Å². The third-order valence-electron chi connectivity index (χ3n) is 5.75. The number of para-hydroxylation sites is 1. The average molecular weight is 589 g/mol. The van der Waals surface area contributed by atoms with E-state index in [0.717, 1.165) is 4.47 Å². The Balaban J connectivity index is 1.37. The number of nitrogens with one attached hydrogen (secondary N) is 2. The molecule has 6 rings (SSSR count). The maximum atomic E-state index is 13.4. The SMILES string of the molecule is O=C(Nc1ccc(Nc2nc3c(S(=O)(=O)c4ccc(Br)cc4)nnn3c3ccccc23)cc1)c1ccco1. The number of anilines is 3. The van der Waals surface area contributed by atoms with Crippen molar-refractivity contribution in [1.29, 1.82) is 0 Å². The maximum Gasteiger partial charge on any atom is 0.291 e. The Bertz CT molecular complexity index is 1900. The highest BCUT2D eigenvalue weighted by Crippen LogP contribution is 2.30. The first-order chi connectivity index (χ1) is 18.4. The fraction of sp³-hybridized carbons (Fsp3) is 0. The van der Waals surface area contributed by atoms with Crippen molar-refractivity contribution in [2.24, 2.45) is 0 Å². The van der Waals surface area contributed by atoms with Crippen molar-refractivity contribution in [3.05, 3.63) is 101 Å². The fourth-order valence-corrected chi connectivity index (χ4v) is 5.41. The van der Waals surface area contributed by atoms with Crippen LogP contribution in [0.4, 0.5) is 17.2 Å². The van der Waals surface area contributed by atoms with Gasteiger partial charge in [-0.05, 0) is 72.8 Å². The number of hydrogen-bond acceptors (Lipinski definition) is 8. The molecule has 0 saturated heterocycles. The molecule has 3 aromatic heterocycles. The Morgan fingerprint density at radius 3 is 2.37 bits per heavy atom. The summed E-state index contributed by atoms with van der Waals surface area (Å²) in [6.07, 6.45) is 1.43. The molecule has 6 aromatic rings. The molecule has 0 aliphatic heterocycles. The lowest BCUT2D eigenvalue weighted by molar-refractivity contribution is 0.0996. The van der Waals surface area contributed by atoms with E-state index in [-0.39, 0.29) is 27.2 Å². The zero-order valence-corrected chi connectivity index (χ0v) is 21.8. The van der Waals surface area contributed by atoms with Gasteiger partial charge in [0.1, 0.15) is 5.82 Å². The van der Waals surface area contributed by atoms with E-state index >= 15 is 0 Å². The van der Waals surface area contributed by atoms with Crippen LogP contribution in [0.3, 0.4) is 0 Å². The number of amides is 1. The first-order valence-electron chi connectivity index (χ1n) is 11.3. The zero-order chi connectivity index (χ0) is 26.3. The van der Waals surface area contributed by atoms with Crippen molar-refractivity contribution >= 4 is 65.4 Å². The highest BCUT2D eigenvalue weighted by molar-refractivity contribution is 9.10. The second-order valence-electron chi connectivity index (χ2n) is 8.20. The van der Waals surface area contributed by atoms with Crippen LogP contribution in [-0.4, -0.2) is 34.1 Å². The first-order valence-corrected chi connectivity index (χ1v) is 13.5. The minimum absolute atomic E-state index is 0.0831. The number of rotatable bonds is 6. The molecule has 0 aliphatic rings. The fourth-order valence-electron chi connectivity index (χ4n) is 3.91. The molecule has 188 valence electrons. The Hall–Kier alpha value is -4.55. The summed E-state index contributed by atoms with van der Waals surface area (Å²) in [5, 5.41) is 14.6. The van der Waals surface area contributed by atoms with E-state index in [1.54, 1.807) is 48.5 Å². The number of aromatic nitrogens is 4. The lowest BCUT2D eigenvalue weighted by atomic mass is 10.2. The van der Waals surface area contributed by atoms with Gasteiger partial charge in [-0.3, -0.25) is 4.79 Å². The minimum Gasteiger partial charge on any atom is -0.459 e. The third kappa shape index (κ3) is 4.29. The monoisotopic (exact) mass is 588 g/mol. The molecule has 0 radical (unpaired) electrons. The van der Waals surface area contributed by atoms with Crippen LogP contribution in [0.15, 0.2) is 110 Å². The molecular formula is C26H17BrN6O4S. The van der Waals surface area contributed by atoms with E-state index in [2.05, 4.69) is 41.9 Å². The number of hydrogen-bond donors (Lipinski definition) is 2. The van der Waals surface area contributed by atoms with Crippen LogP contribution in [0.2, 0.25) is 0 Å². The molecular weight excluding hydrogens is 572 g/mol. The molecule has 0 aliphatic carbocycles. The van der Waals surface area contributed by atoms with E-state index in [4.69, 9.17) is 4.42 Å². The number of sulfone groups is 1. The van der Waals surface area contributed by atoms with Crippen molar-refractivity contribution in [2.45, 2.75) is 9.92 Å². The number of fused-ring (bicyclic) bond motifs is 3. The van der Waals surface area contributed by atoms with Crippen LogP contribution < -0.4 is 10.6 Å². The van der Waals surface area contributed by atoms with Crippen LogP contribution in [0, 0.1) is 0 Å². The molecule has 38 heavy (non-hydrogen) atoms. The summed E-state index contributed by atoms with van der Waals surface area (Å²) < 4.78 is 34.1. The second kappa shape index (κ2) is 9.39. The standard InChI is InChI=1S/C26H17BrN6O4S/c27-16-7-13-19(14-8-16)38(35,36)26-24-30-23(20-4-1-2-5-21(20)33(24)32-31-26)28-17-9-11-18(12-10-17)29-25(34)22-6-3-15-37-22/h1-15H,(H,28,30)(H,29,34). The number of benzene rings is 3.